The zero-order chi connectivity index (χ0) is 16.2. The van der Waals surface area contributed by atoms with E-state index in [-0.39, 0.29) is 36.6 Å². The van der Waals surface area contributed by atoms with Gasteiger partial charge in [-0.25, -0.2) is 4.98 Å². The molecule has 1 aromatic carbocycles. The molecule has 3 N–H and O–H groups in total. The minimum absolute atomic E-state index is 0. The first kappa shape index (κ1) is 22.9. The molecular formula is C17H25Cl2N3OS. The predicted octanol–water partition coefficient (Wildman–Crippen LogP) is 3.68. The van der Waals surface area contributed by atoms with Gasteiger partial charge in [-0.2, -0.15) is 0 Å². The molecule has 0 aliphatic heterocycles. The molecule has 134 valence electrons. The first-order chi connectivity index (χ1) is 10.4. The van der Waals surface area contributed by atoms with Gasteiger partial charge in [0.05, 0.1) is 10.5 Å². The van der Waals surface area contributed by atoms with Crippen LogP contribution in [0.4, 0.5) is 0 Å². The Morgan fingerprint density at radius 2 is 1.92 bits per heavy atom. The summed E-state index contributed by atoms with van der Waals surface area (Å²) in [6.45, 7) is 6.47. The topological polar surface area (TPSA) is 68.0 Å². The predicted molar refractivity (Wildman–Crippen MR) is 106 cm³/mol. The molecule has 0 aliphatic rings. The van der Waals surface area contributed by atoms with Crippen LogP contribution in [0.25, 0.3) is 0 Å². The number of carbonyl (C=O) groups excluding carboxylic acids is 1. The number of carbonyl (C=O) groups is 1. The van der Waals surface area contributed by atoms with E-state index in [0.717, 1.165) is 11.4 Å². The van der Waals surface area contributed by atoms with Crippen molar-refractivity contribution in [3.8, 4) is 0 Å². The number of halogens is 2. The van der Waals surface area contributed by atoms with E-state index >= 15 is 0 Å². The van der Waals surface area contributed by atoms with Crippen molar-refractivity contribution in [1.29, 1.82) is 0 Å². The highest BCUT2D eigenvalue weighted by molar-refractivity contribution is 7.09. The molecule has 7 heteroatoms. The van der Waals surface area contributed by atoms with Crippen molar-refractivity contribution in [2.24, 2.45) is 11.7 Å². The average Bonchev–Trinajstić information content (AvgIpc) is 2.96. The van der Waals surface area contributed by atoms with Gasteiger partial charge in [0.15, 0.2) is 0 Å². The number of nitrogens with one attached hydrogen (secondary N) is 1. The number of aromatic nitrogens is 1. The molecule has 0 fully saturated rings. The molecule has 0 radical (unpaired) electrons. The maximum atomic E-state index is 12.4. The normalized spacial score (nSPS) is 12.7. The van der Waals surface area contributed by atoms with Crippen molar-refractivity contribution >= 4 is 42.1 Å². The standard InChI is InChI=1S/C17H23N3OS.2ClH/c1-12(2)17(3,11-18)20-16(21)14-10-22-15(19-14)9-13-7-5-4-6-8-13;;/h4-8,10,12H,9,11,18H2,1-3H3,(H,20,21);2*1H. The molecule has 0 saturated heterocycles. The number of nitrogens with two attached hydrogens (primary N) is 1. The lowest BCUT2D eigenvalue weighted by Gasteiger charge is -2.33. The number of amides is 1. The van der Waals surface area contributed by atoms with Crippen LogP contribution in [0.2, 0.25) is 0 Å². The molecule has 0 saturated carbocycles. The average molecular weight is 390 g/mol. The Bertz CT molecular complexity index is 634. The molecule has 1 aromatic heterocycles. The van der Waals surface area contributed by atoms with Crippen molar-refractivity contribution in [3.63, 3.8) is 0 Å². The minimum Gasteiger partial charge on any atom is -0.344 e. The lowest BCUT2D eigenvalue weighted by Crippen LogP contribution is -2.55. The third kappa shape index (κ3) is 5.74. The molecule has 1 unspecified atom stereocenters. The van der Waals surface area contributed by atoms with Crippen LogP contribution in [0.15, 0.2) is 35.7 Å². The van der Waals surface area contributed by atoms with Gasteiger partial charge < -0.3 is 11.1 Å². The molecule has 0 aliphatic carbocycles. The molecular weight excluding hydrogens is 365 g/mol. The highest BCUT2D eigenvalue weighted by atomic mass is 35.5. The second-order valence-corrected chi connectivity index (χ2v) is 6.96. The first-order valence-corrected chi connectivity index (χ1v) is 8.33. The summed E-state index contributed by atoms with van der Waals surface area (Å²) < 4.78 is 0. The first-order valence-electron chi connectivity index (χ1n) is 7.45. The summed E-state index contributed by atoms with van der Waals surface area (Å²) in [7, 11) is 0. The number of benzene rings is 1. The van der Waals surface area contributed by atoms with Crippen LogP contribution in [0.1, 0.15) is 41.8 Å². The Morgan fingerprint density at radius 1 is 1.29 bits per heavy atom. The van der Waals surface area contributed by atoms with Gasteiger partial charge in [-0.1, -0.05) is 44.2 Å². The van der Waals surface area contributed by atoms with Crippen LogP contribution < -0.4 is 11.1 Å². The van der Waals surface area contributed by atoms with E-state index in [2.05, 4.69) is 36.3 Å². The summed E-state index contributed by atoms with van der Waals surface area (Å²) in [5.74, 6) is 0.0982. The Morgan fingerprint density at radius 3 is 2.46 bits per heavy atom. The molecule has 2 aromatic rings. The SMILES string of the molecule is CC(C)C(C)(CN)NC(=O)c1csc(Cc2ccccc2)n1.Cl.Cl. The summed E-state index contributed by atoms with van der Waals surface area (Å²) in [6.07, 6.45) is 0.747. The van der Waals surface area contributed by atoms with Crippen LogP contribution in [0.5, 0.6) is 0 Å². The quantitative estimate of drug-likeness (QED) is 0.791. The Labute approximate surface area is 160 Å². The number of thiazole rings is 1. The van der Waals surface area contributed by atoms with E-state index in [0.29, 0.717) is 12.2 Å². The second kappa shape index (κ2) is 9.99. The van der Waals surface area contributed by atoms with Gasteiger partial charge in [-0.3, -0.25) is 4.79 Å². The fraction of sp³-hybridized carbons (Fsp3) is 0.412. The van der Waals surface area contributed by atoms with Crippen molar-refractivity contribution < 1.29 is 4.79 Å². The minimum atomic E-state index is -0.416. The molecule has 0 spiro atoms. The summed E-state index contributed by atoms with van der Waals surface area (Å²) in [6, 6.07) is 10.1. The van der Waals surface area contributed by atoms with Crippen molar-refractivity contribution in [2.45, 2.75) is 32.7 Å². The maximum Gasteiger partial charge on any atom is 0.271 e. The zero-order valence-corrected chi connectivity index (χ0v) is 16.6. The number of hydrogen-bond acceptors (Lipinski definition) is 4. The van der Waals surface area contributed by atoms with Crippen LogP contribution in [-0.2, 0) is 6.42 Å². The van der Waals surface area contributed by atoms with Gasteiger partial charge in [0.2, 0.25) is 0 Å². The number of hydrogen-bond donors (Lipinski definition) is 2. The van der Waals surface area contributed by atoms with Crippen LogP contribution in [0, 0.1) is 5.92 Å². The zero-order valence-electron chi connectivity index (χ0n) is 14.1. The van der Waals surface area contributed by atoms with Crippen molar-refractivity contribution in [2.75, 3.05) is 6.54 Å². The van der Waals surface area contributed by atoms with E-state index in [1.54, 1.807) is 0 Å². The van der Waals surface area contributed by atoms with Crippen LogP contribution in [0.3, 0.4) is 0 Å². The Balaban J connectivity index is 0.00000264. The fourth-order valence-corrected chi connectivity index (χ4v) is 2.83. The Hall–Kier alpha value is -1.14. The molecule has 1 amide bonds. The lowest BCUT2D eigenvalue weighted by atomic mass is 9.88. The summed E-state index contributed by atoms with van der Waals surface area (Å²) in [5, 5.41) is 5.77. The molecule has 2 rings (SSSR count). The fourth-order valence-electron chi connectivity index (χ4n) is 2.02. The molecule has 1 heterocycles. The second-order valence-electron chi connectivity index (χ2n) is 6.02. The highest BCUT2D eigenvalue weighted by Gasteiger charge is 2.29. The Kier molecular flexibility index (Phi) is 9.51. The number of rotatable bonds is 6. The smallest absolute Gasteiger partial charge is 0.271 e. The van der Waals surface area contributed by atoms with Gasteiger partial charge in [0, 0.05) is 18.3 Å². The monoisotopic (exact) mass is 389 g/mol. The summed E-state index contributed by atoms with van der Waals surface area (Å²) >= 11 is 1.51. The third-order valence-electron chi connectivity index (χ3n) is 4.08. The van der Waals surface area contributed by atoms with Gasteiger partial charge in [0.1, 0.15) is 5.69 Å². The van der Waals surface area contributed by atoms with Crippen molar-refractivity contribution in [3.05, 3.63) is 52.0 Å². The number of nitrogens with zero attached hydrogens (tertiary/aromatic N) is 1. The molecule has 24 heavy (non-hydrogen) atoms. The van der Waals surface area contributed by atoms with Gasteiger partial charge in [-0.05, 0) is 18.4 Å². The van der Waals surface area contributed by atoms with Gasteiger partial charge >= 0.3 is 0 Å². The summed E-state index contributed by atoms with van der Waals surface area (Å²) in [4.78, 5) is 16.8. The van der Waals surface area contributed by atoms with E-state index in [9.17, 15) is 4.79 Å². The van der Waals surface area contributed by atoms with E-state index in [1.165, 1.54) is 16.9 Å². The van der Waals surface area contributed by atoms with Crippen LogP contribution in [-0.4, -0.2) is 23.0 Å². The van der Waals surface area contributed by atoms with E-state index in [1.807, 2.05) is 30.5 Å². The highest BCUT2D eigenvalue weighted by Crippen LogP contribution is 2.18. The van der Waals surface area contributed by atoms with Gasteiger partial charge in [-0.15, -0.1) is 36.2 Å². The molecule has 1 atom stereocenters. The lowest BCUT2D eigenvalue weighted by molar-refractivity contribution is 0.0878. The van der Waals surface area contributed by atoms with Crippen molar-refractivity contribution in [1.82, 2.24) is 10.3 Å². The third-order valence-corrected chi connectivity index (χ3v) is 4.93. The van der Waals surface area contributed by atoms with E-state index in [4.69, 9.17) is 5.73 Å². The largest absolute Gasteiger partial charge is 0.344 e. The maximum absolute atomic E-state index is 12.4. The molecule has 0 bridgehead atoms. The summed E-state index contributed by atoms with van der Waals surface area (Å²) in [5.41, 5.74) is 7.05. The molecule has 4 nitrogen and oxygen atoms in total. The van der Waals surface area contributed by atoms with E-state index < -0.39 is 5.54 Å². The van der Waals surface area contributed by atoms with Crippen LogP contribution >= 0.6 is 36.2 Å². The van der Waals surface area contributed by atoms with Gasteiger partial charge in [0.25, 0.3) is 5.91 Å².